The lowest BCUT2D eigenvalue weighted by Crippen LogP contribution is -2.31. The summed E-state index contributed by atoms with van der Waals surface area (Å²) in [6.07, 6.45) is 15.1. The number of carbonyl (C=O) groups excluding carboxylic acids is 2. The fourth-order valence-electron chi connectivity index (χ4n) is 8.98. The van der Waals surface area contributed by atoms with Crippen molar-refractivity contribution < 1.29 is 19.1 Å². The van der Waals surface area contributed by atoms with Crippen molar-refractivity contribution in [2.75, 3.05) is 20.8 Å². The molecule has 3 aromatic carbocycles. The molecule has 0 atom stereocenters. The number of amides is 2. The molecule has 0 N–H and O–H groups in total. The second-order valence-corrected chi connectivity index (χ2v) is 16.7. The topological polar surface area (TPSA) is 55.8 Å². The van der Waals surface area contributed by atoms with Gasteiger partial charge in [0, 0.05) is 27.4 Å². The van der Waals surface area contributed by atoms with Crippen LogP contribution in [0.5, 0.6) is 11.5 Å². The summed E-state index contributed by atoms with van der Waals surface area (Å²) in [4.78, 5) is 32.9. The number of benzene rings is 3. The summed E-state index contributed by atoms with van der Waals surface area (Å²) in [6.45, 7) is 2.74. The van der Waals surface area contributed by atoms with Crippen LogP contribution in [0.25, 0.3) is 43.1 Å². The molecule has 0 saturated carbocycles. The molecule has 2 aliphatic carbocycles. The van der Waals surface area contributed by atoms with Crippen molar-refractivity contribution in [1.29, 1.82) is 0 Å². The third-order valence-corrected chi connectivity index (χ3v) is 13.4. The second kappa shape index (κ2) is 15.6. The number of hydrogen-bond donors (Lipinski definition) is 0. The van der Waals surface area contributed by atoms with E-state index in [2.05, 4.69) is 66.2 Å². The van der Waals surface area contributed by atoms with E-state index in [0.717, 1.165) is 88.1 Å². The molecule has 1 aliphatic heterocycles. The van der Waals surface area contributed by atoms with Crippen LogP contribution < -0.4 is 9.47 Å². The van der Waals surface area contributed by atoms with Crippen LogP contribution in [0.15, 0.2) is 59.3 Å². The first-order chi connectivity index (χ1) is 26.0. The molecule has 5 nitrogen and oxygen atoms in total. The van der Waals surface area contributed by atoms with E-state index in [1.165, 1.54) is 65.8 Å². The molecule has 0 bridgehead atoms. The van der Waals surface area contributed by atoms with Gasteiger partial charge < -0.3 is 9.47 Å². The Kier molecular flexibility index (Phi) is 10.6. The Balaban J connectivity index is 1.20. The molecule has 2 aromatic heterocycles. The summed E-state index contributed by atoms with van der Waals surface area (Å²) in [6, 6.07) is 17.4. The number of rotatable bonds is 15. The van der Waals surface area contributed by atoms with E-state index < -0.39 is 0 Å². The van der Waals surface area contributed by atoms with Gasteiger partial charge in [0.05, 0.1) is 25.3 Å². The summed E-state index contributed by atoms with van der Waals surface area (Å²) in [5, 5.41) is 4.20. The molecule has 0 fully saturated rings. The smallest absolute Gasteiger partial charge is 0.261 e. The highest BCUT2D eigenvalue weighted by Gasteiger charge is 2.44. The lowest BCUT2D eigenvalue weighted by Gasteiger charge is -2.32. The number of hydrogen-bond acceptors (Lipinski definition) is 6. The van der Waals surface area contributed by atoms with Crippen LogP contribution in [0.4, 0.5) is 0 Å². The summed E-state index contributed by atoms with van der Waals surface area (Å²) < 4.78 is 12.1. The van der Waals surface area contributed by atoms with E-state index in [0.29, 0.717) is 30.5 Å². The number of imide groups is 1. The molecular formula is C46H49NO4S2. The highest BCUT2D eigenvalue weighted by atomic mass is 32.1. The Bertz CT molecular complexity index is 2010. The van der Waals surface area contributed by atoms with Crippen molar-refractivity contribution in [2.45, 2.75) is 96.8 Å². The van der Waals surface area contributed by atoms with Crippen LogP contribution in [0.3, 0.4) is 0 Å². The minimum Gasteiger partial charge on any atom is -0.496 e. The minimum absolute atomic E-state index is 0.109. The number of ether oxygens (including phenoxy) is 2. The molecule has 3 heterocycles. The van der Waals surface area contributed by atoms with E-state index >= 15 is 0 Å². The molecule has 5 aromatic rings. The maximum atomic E-state index is 14.5. The molecule has 0 radical (unpaired) electrons. The van der Waals surface area contributed by atoms with E-state index in [9.17, 15) is 9.59 Å². The summed E-state index contributed by atoms with van der Waals surface area (Å²) in [5.41, 5.74) is 12.4. The van der Waals surface area contributed by atoms with Crippen molar-refractivity contribution in [3.63, 3.8) is 0 Å². The molecule has 0 spiro atoms. The van der Waals surface area contributed by atoms with Crippen LogP contribution in [0.1, 0.15) is 114 Å². The number of methoxy groups -OCH3 is 2. The zero-order valence-electron chi connectivity index (χ0n) is 31.3. The van der Waals surface area contributed by atoms with Crippen molar-refractivity contribution in [3.8, 4) is 54.6 Å². The Morgan fingerprint density at radius 2 is 1.02 bits per heavy atom. The summed E-state index contributed by atoms with van der Waals surface area (Å²) in [5.74, 6) is 1.42. The van der Waals surface area contributed by atoms with Gasteiger partial charge in [0.15, 0.2) is 0 Å². The zero-order valence-corrected chi connectivity index (χ0v) is 32.9. The average Bonchev–Trinajstić information content (AvgIpc) is 3.97. The number of carbonyl (C=O) groups is 2. The quantitative estimate of drug-likeness (QED) is 0.0791. The molecule has 2 amide bonds. The monoisotopic (exact) mass is 743 g/mol. The fraction of sp³-hybridized carbons (Fsp3) is 0.391. The average molecular weight is 744 g/mol. The maximum absolute atomic E-state index is 14.5. The zero-order chi connectivity index (χ0) is 36.5. The van der Waals surface area contributed by atoms with Crippen LogP contribution in [0.2, 0.25) is 0 Å². The molecule has 7 heteroatoms. The van der Waals surface area contributed by atoms with Gasteiger partial charge in [0.1, 0.15) is 11.5 Å². The minimum atomic E-state index is -0.109. The molecule has 0 unspecified atom stereocenters. The molecular weight excluding hydrogens is 695 g/mol. The van der Waals surface area contributed by atoms with Crippen molar-refractivity contribution in [3.05, 3.63) is 92.7 Å². The standard InChI is InChI=1S/C46H49NO4S2/c1-4-5-6-7-8-9-10-11-12-13-22-47-45(48)43-31-20-18-29-25-35(39-16-14-23-52-39)37(50-2)27-33(29)41(31)42-32(44(43)46(47)49)21-19-30-26-36(40-17-15-24-53-40)38(51-3)28-34(30)42/h14-17,23-28H,4-13,18-22H2,1-3H3. The van der Waals surface area contributed by atoms with Crippen LogP contribution in [-0.2, 0) is 25.7 Å². The first-order valence-corrected chi connectivity index (χ1v) is 21.4. The largest absolute Gasteiger partial charge is 0.496 e. The van der Waals surface area contributed by atoms with Crippen LogP contribution in [-0.4, -0.2) is 37.5 Å². The van der Waals surface area contributed by atoms with E-state index in [4.69, 9.17) is 9.47 Å². The Morgan fingerprint density at radius 3 is 1.43 bits per heavy atom. The second-order valence-electron chi connectivity index (χ2n) is 14.8. The maximum Gasteiger partial charge on any atom is 0.261 e. The first-order valence-electron chi connectivity index (χ1n) is 19.6. The Labute approximate surface area is 322 Å². The molecule has 53 heavy (non-hydrogen) atoms. The number of aryl methyl sites for hydroxylation is 2. The molecule has 274 valence electrons. The van der Waals surface area contributed by atoms with Gasteiger partial charge in [-0.2, -0.15) is 0 Å². The van der Waals surface area contributed by atoms with E-state index in [1.54, 1.807) is 41.8 Å². The SMILES string of the molecule is CCCCCCCCCCCCN1C(=O)c2c3c(c4c(c2C1=O)CCc1cc(-c2cccs2)c(OC)cc1-4)-c1cc(OC)c(-c2cccs2)cc1CC3. The predicted molar refractivity (Wildman–Crippen MR) is 219 cm³/mol. The first kappa shape index (κ1) is 35.8. The number of thiophene rings is 2. The Morgan fingerprint density at radius 1 is 0.566 bits per heavy atom. The number of unbranched alkanes of at least 4 members (excludes halogenated alkanes) is 9. The molecule has 3 aliphatic rings. The van der Waals surface area contributed by atoms with Gasteiger partial charge >= 0.3 is 0 Å². The van der Waals surface area contributed by atoms with Crippen molar-refractivity contribution in [2.24, 2.45) is 0 Å². The van der Waals surface area contributed by atoms with Gasteiger partial charge in [-0.25, -0.2) is 0 Å². The van der Waals surface area contributed by atoms with Gasteiger partial charge in [0.2, 0.25) is 0 Å². The van der Waals surface area contributed by atoms with Gasteiger partial charge in [-0.05, 0) is 124 Å². The number of fused-ring (bicyclic) bond motifs is 10. The van der Waals surface area contributed by atoms with E-state index in [1.807, 2.05) is 0 Å². The number of nitrogens with zero attached hydrogens (tertiary/aromatic N) is 1. The van der Waals surface area contributed by atoms with Crippen molar-refractivity contribution >= 4 is 34.5 Å². The lowest BCUT2D eigenvalue weighted by atomic mass is 9.71. The highest BCUT2D eigenvalue weighted by Crippen LogP contribution is 2.54. The lowest BCUT2D eigenvalue weighted by molar-refractivity contribution is 0.0650. The normalized spacial score (nSPS) is 14.1. The third kappa shape index (κ3) is 6.54. The van der Waals surface area contributed by atoms with Gasteiger partial charge in [-0.15, -0.1) is 22.7 Å². The predicted octanol–water partition coefficient (Wildman–Crippen LogP) is 12.2. The summed E-state index contributed by atoms with van der Waals surface area (Å²) in [7, 11) is 3.47. The van der Waals surface area contributed by atoms with Crippen LogP contribution in [0, 0.1) is 0 Å². The Hall–Kier alpha value is -4.20. The van der Waals surface area contributed by atoms with Gasteiger partial charge in [-0.1, -0.05) is 76.8 Å². The fourth-order valence-corrected chi connectivity index (χ4v) is 10.5. The van der Waals surface area contributed by atoms with Crippen LogP contribution >= 0.6 is 22.7 Å². The molecule has 8 rings (SSSR count). The third-order valence-electron chi connectivity index (χ3n) is 11.6. The highest BCUT2D eigenvalue weighted by molar-refractivity contribution is 7.13. The summed E-state index contributed by atoms with van der Waals surface area (Å²) >= 11 is 3.42. The van der Waals surface area contributed by atoms with Crippen molar-refractivity contribution in [1.82, 2.24) is 4.90 Å². The van der Waals surface area contributed by atoms with E-state index in [-0.39, 0.29) is 11.8 Å². The van der Waals surface area contributed by atoms with Gasteiger partial charge in [-0.3, -0.25) is 14.5 Å². The van der Waals surface area contributed by atoms with Gasteiger partial charge in [0.25, 0.3) is 11.8 Å². The molecule has 0 saturated heterocycles.